The second kappa shape index (κ2) is 13.2. The number of nitrogens with zero attached hydrogens (tertiary/aromatic N) is 1. The molecule has 2 aliphatic rings. The first kappa shape index (κ1) is 29.6. The van der Waals surface area contributed by atoms with Gasteiger partial charge in [0.1, 0.15) is 12.1 Å². The molecule has 0 saturated carbocycles. The minimum Gasteiger partial charge on any atom is -0.453 e. The van der Waals surface area contributed by atoms with Gasteiger partial charge in [-0.1, -0.05) is 51.1 Å². The van der Waals surface area contributed by atoms with Crippen LogP contribution in [0.3, 0.4) is 0 Å². The number of benzene rings is 1. The van der Waals surface area contributed by atoms with E-state index in [1.807, 2.05) is 30.3 Å². The van der Waals surface area contributed by atoms with Gasteiger partial charge in [0.05, 0.1) is 38.4 Å². The van der Waals surface area contributed by atoms with E-state index in [0.717, 1.165) is 12.0 Å². The zero-order chi connectivity index (χ0) is 27.9. The largest absolute Gasteiger partial charge is 0.453 e. The van der Waals surface area contributed by atoms with E-state index < -0.39 is 47.8 Å². The Morgan fingerprint density at radius 3 is 2.50 bits per heavy atom. The number of carbonyl (C=O) groups is 3. The maximum Gasteiger partial charge on any atom is 0.422 e. The van der Waals surface area contributed by atoms with Crippen LogP contribution >= 0.6 is 0 Å². The number of methoxy groups -OCH3 is 1. The molecule has 2 fully saturated rings. The summed E-state index contributed by atoms with van der Waals surface area (Å²) in [5.41, 5.74) is 3.01. The average Bonchev–Trinajstić information content (AvgIpc) is 3.47. The van der Waals surface area contributed by atoms with Crippen molar-refractivity contribution in [1.82, 2.24) is 21.1 Å². The van der Waals surface area contributed by atoms with Crippen LogP contribution in [0.4, 0.5) is 9.59 Å². The number of alkyl carbamates (subject to hydrolysis) is 1. The van der Waals surface area contributed by atoms with Crippen molar-refractivity contribution in [3.8, 4) is 0 Å². The van der Waals surface area contributed by atoms with E-state index >= 15 is 0 Å². The molecule has 12 nitrogen and oxygen atoms in total. The van der Waals surface area contributed by atoms with E-state index in [9.17, 15) is 19.5 Å². The average molecular weight is 537 g/mol. The van der Waals surface area contributed by atoms with Crippen molar-refractivity contribution in [2.75, 3.05) is 26.9 Å². The van der Waals surface area contributed by atoms with Crippen LogP contribution in [-0.4, -0.2) is 85.7 Å². The molecular weight excluding hydrogens is 496 g/mol. The lowest BCUT2D eigenvalue weighted by Crippen LogP contribution is -2.58. The van der Waals surface area contributed by atoms with Crippen molar-refractivity contribution in [3.63, 3.8) is 0 Å². The molecule has 0 aliphatic carbocycles. The normalized spacial score (nSPS) is 23.2. The topological polar surface area (TPSA) is 148 Å². The number of aliphatic hydroxyl groups excluding tert-OH is 1. The lowest BCUT2D eigenvalue weighted by Gasteiger charge is -2.33. The molecule has 2 aliphatic heterocycles. The number of aliphatic hydroxyl groups is 1. The maximum absolute atomic E-state index is 13.0. The number of hydrogen-bond acceptors (Lipinski definition) is 9. The summed E-state index contributed by atoms with van der Waals surface area (Å²) in [6.45, 7) is 8.18. The fourth-order valence-electron chi connectivity index (χ4n) is 4.43. The Kier molecular flexibility index (Phi) is 10.3. The number of hydrogen-bond donors (Lipinski definition) is 4. The molecule has 0 bridgehead atoms. The fourth-order valence-corrected chi connectivity index (χ4v) is 4.43. The Morgan fingerprint density at radius 1 is 1.13 bits per heavy atom. The standard InChI is InChI=1S/C26H40N4O8/c1-16(27-22(32)21(26(2,3)4)28-24(33)35-5)19(31)14-30(13-17-9-7-6-8-10-17)29-25(34)38-20-15-37-23-18(20)11-12-36-23/h6-10,16,18-21,23,31H,11-15H2,1-5H3,(H,27,32)(H,28,33)(H,29,34)/t16-,18?,19?,20?,21?,23?/m0/s1. The van der Waals surface area contributed by atoms with Crippen molar-refractivity contribution in [2.45, 2.75) is 71.2 Å². The summed E-state index contributed by atoms with van der Waals surface area (Å²) in [5.74, 6) is -0.468. The summed E-state index contributed by atoms with van der Waals surface area (Å²) in [4.78, 5) is 37.5. The van der Waals surface area contributed by atoms with Crippen LogP contribution < -0.4 is 16.1 Å². The number of carbonyl (C=O) groups excluding carboxylic acids is 3. The molecule has 6 atom stereocenters. The highest BCUT2D eigenvalue weighted by atomic mass is 16.7. The van der Waals surface area contributed by atoms with Gasteiger partial charge in [0.2, 0.25) is 5.91 Å². The van der Waals surface area contributed by atoms with E-state index in [1.165, 1.54) is 12.1 Å². The van der Waals surface area contributed by atoms with Crippen molar-refractivity contribution >= 4 is 18.1 Å². The summed E-state index contributed by atoms with van der Waals surface area (Å²) in [5, 5.41) is 17.8. The molecule has 0 spiro atoms. The number of rotatable bonds is 10. The summed E-state index contributed by atoms with van der Waals surface area (Å²) in [6.07, 6.45) is -2.46. The predicted octanol–water partition coefficient (Wildman–Crippen LogP) is 1.53. The van der Waals surface area contributed by atoms with Crippen molar-refractivity contribution in [1.29, 1.82) is 0 Å². The highest BCUT2D eigenvalue weighted by Gasteiger charge is 2.44. The molecule has 0 aromatic heterocycles. The van der Waals surface area contributed by atoms with Crippen LogP contribution in [0.1, 0.15) is 39.7 Å². The van der Waals surface area contributed by atoms with Gasteiger partial charge in [0, 0.05) is 13.1 Å². The van der Waals surface area contributed by atoms with Gasteiger partial charge in [-0.2, -0.15) is 0 Å². The summed E-state index contributed by atoms with van der Waals surface area (Å²) < 4.78 is 21.3. The van der Waals surface area contributed by atoms with Crippen LogP contribution in [0.5, 0.6) is 0 Å². The number of nitrogens with one attached hydrogen (secondary N) is 3. The van der Waals surface area contributed by atoms with Gasteiger partial charge < -0.3 is 34.7 Å². The Morgan fingerprint density at radius 2 is 1.84 bits per heavy atom. The van der Waals surface area contributed by atoms with Crippen molar-refractivity contribution < 1.29 is 38.4 Å². The van der Waals surface area contributed by atoms with Gasteiger partial charge in [-0.05, 0) is 24.3 Å². The third-order valence-electron chi connectivity index (χ3n) is 6.64. The van der Waals surface area contributed by atoms with E-state index in [-0.39, 0.29) is 25.4 Å². The van der Waals surface area contributed by atoms with Crippen molar-refractivity contribution in [3.05, 3.63) is 35.9 Å². The smallest absolute Gasteiger partial charge is 0.422 e. The van der Waals surface area contributed by atoms with Gasteiger partial charge in [0.25, 0.3) is 0 Å². The van der Waals surface area contributed by atoms with Crippen LogP contribution in [0, 0.1) is 11.3 Å². The first-order chi connectivity index (χ1) is 18.0. The molecule has 2 heterocycles. The van der Waals surface area contributed by atoms with E-state index in [0.29, 0.717) is 13.2 Å². The van der Waals surface area contributed by atoms with Gasteiger partial charge in [-0.25, -0.2) is 14.6 Å². The Labute approximate surface area is 223 Å². The van der Waals surface area contributed by atoms with Crippen LogP contribution in [0.25, 0.3) is 0 Å². The summed E-state index contributed by atoms with van der Waals surface area (Å²) in [7, 11) is 1.22. The number of fused-ring (bicyclic) bond motifs is 1. The van der Waals surface area contributed by atoms with Gasteiger partial charge in [-0.3, -0.25) is 10.2 Å². The molecule has 38 heavy (non-hydrogen) atoms. The third-order valence-corrected chi connectivity index (χ3v) is 6.64. The molecule has 12 heteroatoms. The maximum atomic E-state index is 13.0. The monoisotopic (exact) mass is 536 g/mol. The number of amides is 3. The minimum absolute atomic E-state index is 0.00138. The van der Waals surface area contributed by atoms with Crippen molar-refractivity contribution in [2.24, 2.45) is 11.3 Å². The van der Waals surface area contributed by atoms with Crippen LogP contribution in [0.15, 0.2) is 30.3 Å². The third kappa shape index (κ3) is 8.29. The van der Waals surface area contributed by atoms with Gasteiger partial charge in [0.15, 0.2) is 6.29 Å². The molecule has 3 rings (SSSR count). The second-order valence-corrected chi connectivity index (χ2v) is 10.7. The second-order valence-electron chi connectivity index (χ2n) is 10.7. The Hall–Kier alpha value is -2.93. The quantitative estimate of drug-likeness (QED) is 0.327. The predicted molar refractivity (Wildman–Crippen MR) is 136 cm³/mol. The molecular formula is C26H40N4O8. The Bertz CT molecular complexity index is 941. The van der Waals surface area contributed by atoms with Gasteiger partial charge >= 0.3 is 12.2 Å². The number of hydrazine groups is 1. The van der Waals surface area contributed by atoms with E-state index in [1.54, 1.807) is 27.7 Å². The first-order valence-corrected chi connectivity index (χ1v) is 12.8. The van der Waals surface area contributed by atoms with E-state index in [2.05, 4.69) is 20.8 Å². The van der Waals surface area contributed by atoms with E-state index in [4.69, 9.17) is 14.2 Å². The lowest BCUT2D eigenvalue weighted by molar-refractivity contribution is -0.127. The molecule has 0 radical (unpaired) electrons. The Balaban J connectivity index is 1.62. The van der Waals surface area contributed by atoms with Crippen LogP contribution in [-0.2, 0) is 30.3 Å². The molecule has 5 unspecified atom stereocenters. The minimum atomic E-state index is -1.07. The molecule has 212 valence electrons. The molecule has 3 amide bonds. The summed E-state index contributed by atoms with van der Waals surface area (Å²) >= 11 is 0. The van der Waals surface area contributed by atoms with Crippen LogP contribution in [0.2, 0.25) is 0 Å². The molecule has 1 aromatic carbocycles. The zero-order valence-electron chi connectivity index (χ0n) is 22.6. The molecule has 4 N–H and O–H groups in total. The SMILES string of the molecule is COC(=O)NC(C(=O)N[C@@H](C)C(O)CN(Cc1ccccc1)NC(=O)OC1COC2OCCC12)C(C)(C)C. The highest BCUT2D eigenvalue weighted by molar-refractivity contribution is 5.86. The molecule has 2 saturated heterocycles. The highest BCUT2D eigenvalue weighted by Crippen LogP contribution is 2.33. The number of ether oxygens (including phenoxy) is 4. The first-order valence-electron chi connectivity index (χ1n) is 12.8. The van der Waals surface area contributed by atoms with Gasteiger partial charge in [-0.15, -0.1) is 0 Å². The summed E-state index contributed by atoms with van der Waals surface area (Å²) in [6, 6.07) is 7.84. The fraction of sp³-hybridized carbons (Fsp3) is 0.654. The zero-order valence-corrected chi connectivity index (χ0v) is 22.6. The lowest BCUT2D eigenvalue weighted by atomic mass is 9.86. The molecule has 1 aromatic rings.